The van der Waals surface area contributed by atoms with Crippen LogP contribution in [0.25, 0.3) is 0 Å². The van der Waals surface area contributed by atoms with Gasteiger partial charge in [0.15, 0.2) is 0 Å². The summed E-state index contributed by atoms with van der Waals surface area (Å²) in [6, 6.07) is 8.07. The predicted octanol–water partition coefficient (Wildman–Crippen LogP) is 1.71. The molecule has 1 aliphatic rings. The minimum atomic E-state index is -0.355. The van der Waals surface area contributed by atoms with Crippen LogP contribution in [0.3, 0.4) is 0 Å². The molecular weight excluding hydrogens is 318 g/mol. The zero-order valence-electron chi connectivity index (χ0n) is 12.1. The molecule has 1 aliphatic heterocycles. The van der Waals surface area contributed by atoms with Crippen molar-refractivity contribution in [1.29, 1.82) is 0 Å². The Labute approximate surface area is 129 Å². The maximum atomic E-state index is 12.2. The van der Waals surface area contributed by atoms with E-state index >= 15 is 0 Å². The number of hydrogen-bond donors (Lipinski definition) is 2. The molecular formula is C15H22BrN3O. The average Bonchev–Trinajstić information content (AvgIpc) is 2.39. The van der Waals surface area contributed by atoms with Crippen molar-refractivity contribution in [2.75, 3.05) is 32.7 Å². The Balaban J connectivity index is 1.93. The molecule has 2 N–H and O–H groups in total. The molecule has 0 atom stereocenters. The Kier molecular flexibility index (Phi) is 5.18. The molecule has 20 heavy (non-hydrogen) atoms. The first kappa shape index (κ1) is 15.5. The van der Waals surface area contributed by atoms with Gasteiger partial charge in [0.2, 0.25) is 5.91 Å². The normalized spacial score (nSPS) is 16.9. The fourth-order valence-electron chi connectivity index (χ4n) is 2.40. The lowest BCUT2D eigenvalue weighted by Gasteiger charge is -2.30. The Morgan fingerprint density at radius 2 is 1.90 bits per heavy atom. The van der Waals surface area contributed by atoms with Gasteiger partial charge in [-0.25, -0.2) is 0 Å². The molecule has 0 aliphatic carbocycles. The van der Waals surface area contributed by atoms with Gasteiger partial charge in [-0.3, -0.25) is 9.69 Å². The topological polar surface area (TPSA) is 44.4 Å². The van der Waals surface area contributed by atoms with Crippen LogP contribution in [0.5, 0.6) is 0 Å². The number of carbonyl (C=O) groups excluding carboxylic acids is 1. The van der Waals surface area contributed by atoms with Crippen LogP contribution < -0.4 is 10.6 Å². The monoisotopic (exact) mass is 339 g/mol. The smallest absolute Gasteiger partial charge is 0.234 e. The molecule has 0 radical (unpaired) electrons. The molecule has 1 amide bonds. The molecule has 0 aromatic heterocycles. The molecule has 1 aromatic rings. The summed E-state index contributed by atoms with van der Waals surface area (Å²) in [7, 11) is 0. The molecule has 2 rings (SSSR count). The molecule has 0 bridgehead atoms. The second-order valence-corrected chi connectivity index (χ2v) is 6.62. The highest BCUT2D eigenvalue weighted by Gasteiger charge is 2.24. The summed E-state index contributed by atoms with van der Waals surface area (Å²) >= 11 is 3.43. The van der Waals surface area contributed by atoms with Crippen molar-refractivity contribution < 1.29 is 4.79 Å². The van der Waals surface area contributed by atoms with Crippen LogP contribution in [-0.4, -0.2) is 43.5 Å². The van der Waals surface area contributed by atoms with Gasteiger partial charge in [0.25, 0.3) is 0 Å². The lowest BCUT2D eigenvalue weighted by atomic mass is 9.94. The van der Waals surface area contributed by atoms with Crippen LogP contribution in [0.2, 0.25) is 0 Å². The van der Waals surface area contributed by atoms with Gasteiger partial charge in [-0.1, -0.05) is 28.1 Å². The Morgan fingerprint density at radius 1 is 1.30 bits per heavy atom. The van der Waals surface area contributed by atoms with Gasteiger partial charge in [0.05, 0.1) is 12.1 Å². The summed E-state index contributed by atoms with van der Waals surface area (Å²) in [5.41, 5.74) is 0.751. The third kappa shape index (κ3) is 4.30. The highest BCUT2D eigenvalue weighted by atomic mass is 79.9. The van der Waals surface area contributed by atoms with E-state index in [4.69, 9.17) is 0 Å². The van der Waals surface area contributed by atoms with E-state index < -0.39 is 0 Å². The minimum Gasteiger partial charge on any atom is -0.346 e. The van der Waals surface area contributed by atoms with E-state index in [-0.39, 0.29) is 11.4 Å². The van der Waals surface area contributed by atoms with E-state index in [2.05, 4.69) is 31.5 Å². The number of benzene rings is 1. The highest BCUT2D eigenvalue weighted by molar-refractivity contribution is 9.10. The van der Waals surface area contributed by atoms with Crippen LogP contribution in [0, 0.1) is 0 Å². The number of nitrogens with one attached hydrogen (secondary N) is 2. The lowest BCUT2D eigenvalue weighted by Crippen LogP contribution is -2.50. The molecule has 0 spiro atoms. The van der Waals surface area contributed by atoms with Gasteiger partial charge >= 0.3 is 0 Å². The molecule has 0 unspecified atom stereocenters. The number of carbonyl (C=O) groups is 1. The van der Waals surface area contributed by atoms with Crippen molar-refractivity contribution in [2.24, 2.45) is 0 Å². The van der Waals surface area contributed by atoms with E-state index in [1.165, 1.54) is 0 Å². The fourth-order valence-corrected chi connectivity index (χ4v) is 2.66. The van der Waals surface area contributed by atoms with Crippen molar-refractivity contribution in [1.82, 2.24) is 15.5 Å². The maximum Gasteiger partial charge on any atom is 0.234 e. The average molecular weight is 340 g/mol. The maximum absolute atomic E-state index is 12.2. The summed E-state index contributed by atoms with van der Waals surface area (Å²) in [6.45, 7) is 8.34. The van der Waals surface area contributed by atoms with Crippen LogP contribution in [-0.2, 0) is 10.3 Å². The second kappa shape index (κ2) is 6.70. The van der Waals surface area contributed by atoms with Gasteiger partial charge in [0, 0.05) is 30.7 Å². The van der Waals surface area contributed by atoms with Crippen molar-refractivity contribution in [2.45, 2.75) is 19.4 Å². The lowest BCUT2D eigenvalue weighted by molar-refractivity contribution is -0.124. The first-order valence-electron chi connectivity index (χ1n) is 6.97. The van der Waals surface area contributed by atoms with Crippen molar-refractivity contribution in [3.05, 3.63) is 34.3 Å². The molecule has 1 saturated heterocycles. The SMILES string of the molecule is CC(C)(NC(=O)CN1CCNCC1)c1ccc(Br)cc1. The summed E-state index contributed by atoms with van der Waals surface area (Å²) in [5.74, 6) is 0.0832. The highest BCUT2D eigenvalue weighted by Crippen LogP contribution is 2.22. The molecule has 1 fully saturated rings. The second-order valence-electron chi connectivity index (χ2n) is 5.71. The van der Waals surface area contributed by atoms with Crippen molar-refractivity contribution >= 4 is 21.8 Å². The van der Waals surface area contributed by atoms with E-state index in [0.29, 0.717) is 6.54 Å². The Morgan fingerprint density at radius 3 is 2.50 bits per heavy atom. The summed E-state index contributed by atoms with van der Waals surface area (Å²) in [5, 5.41) is 6.41. The van der Waals surface area contributed by atoms with Crippen molar-refractivity contribution in [3.8, 4) is 0 Å². The summed E-state index contributed by atoms with van der Waals surface area (Å²) in [6.07, 6.45) is 0. The van der Waals surface area contributed by atoms with Crippen LogP contribution in [0.4, 0.5) is 0 Å². The molecule has 1 heterocycles. The van der Waals surface area contributed by atoms with Gasteiger partial charge in [-0.15, -0.1) is 0 Å². The van der Waals surface area contributed by atoms with E-state index in [1.807, 2.05) is 38.1 Å². The number of rotatable bonds is 4. The van der Waals surface area contributed by atoms with Crippen LogP contribution in [0.15, 0.2) is 28.7 Å². The molecule has 1 aromatic carbocycles. The van der Waals surface area contributed by atoms with E-state index in [9.17, 15) is 4.79 Å². The van der Waals surface area contributed by atoms with Crippen LogP contribution >= 0.6 is 15.9 Å². The molecule has 110 valence electrons. The predicted molar refractivity (Wildman–Crippen MR) is 84.6 cm³/mol. The number of amides is 1. The van der Waals surface area contributed by atoms with Gasteiger partial charge < -0.3 is 10.6 Å². The number of halogens is 1. The molecule has 4 nitrogen and oxygen atoms in total. The number of nitrogens with zero attached hydrogens (tertiary/aromatic N) is 1. The molecule has 5 heteroatoms. The Bertz CT molecular complexity index is 453. The third-order valence-corrected chi connectivity index (χ3v) is 4.12. The fraction of sp³-hybridized carbons (Fsp3) is 0.533. The van der Waals surface area contributed by atoms with E-state index in [0.717, 1.165) is 36.2 Å². The Hall–Kier alpha value is -0.910. The zero-order valence-corrected chi connectivity index (χ0v) is 13.7. The standard InChI is InChI=1S/C15H22BrN3O/c1-15(2,12-3-5-13(16)6-4-12)18-14(20)11-19-9-7-17-8-10-19/h3-6,17H,7-11H2,1-2H3,(H,18,20). The number of piperazine rings is 1. The van der Waals surface area contributed by atoms with Crippen molar-refractivity contribution in [3.63, 3.8) is 0 Å². The third-order valence-electron chi connectivity index (χ3n) is 3.59. The number of hydrogen-bond acceptors (Lipinski definition) is 3. The van der Waals surface area contributed by atoms with Crippen LogP contribution in [0.1, 0.15) is 19.4 Å². The minimum absolute atomic E-state index is 0.0832. The molecule has 0 saturated carbocycles. The summed E-state index contributed by atoms with van der Waals surface area (Å²) in [4.78, 5) is 14.4. The quantitative estimate of drug-likeness (QED) is 0.877. The first-order chi connectivity index (χ1) is 9.47. The first-order valence-corrected chi connectivity index (χ1v) is 7.77. The zero-order chi connectivity index (χ0) is 14.6. The van der Waals surface area contributed by atoms with Gasteiger partial charge in [0.1, 0.15) is 0 Å². The summed E-state index contributed by atoms with van der Waals surface area (Å²) < 4.78 is 1.05. The largest absolute Gasteiger partial charge is 0.346 e. The van der Waals surface area contributed by atoms with E-state index in [1.54, 1.807) is 0 Å². The van der Waals surface area contributed by atoms with Gasteiger partial charge in [-0.05, 0) is 31.5 Å². The van der Waals surface area contributed by atoms with Gasteiger partial charge in [-0.2, -0.15) is 0 Å².